The minimum Gasteiger partial charge on any atom is -0.353 e. The first-order valence-electron chi connectivity index (χ1n) is 7.04. The zero-order valence-corrected chi connectivity index (χ0v) is 12.1. The Morgan fingerprint density at radius 2 is 2.10 bits per heavy atom. The summed E-state index contributed by atoms with van der Waals surface area (Å²) in [7, 11) is 0. The normalized spacial score (nSPS) is 21.6. The molecule has 1 aromatic rings. The highest BCUT2D eigenvalue weighted by molar-refractivity contribution is 5.79. The number of carbonyl (C=O) groups is 2. The molecule has 1 saturated heterocycles. The van der Waals surface area contributed by atoms with E-state index in [1.54, 1.807) is 0 Å². The molecule has 2 rings (SSSR count). The molecule has 1 aliphatic heterocycles. The quantitative estimate of drug-likeness (QED) is 0.721. The minimum atomic E-state index is -0.954. The van der Waals surface area contributed by atoms with Crippen molar-refractivity contribution in [3.8, 4) is 0 Å². The topological polar surface area (TPSA) is 79.5 Å². The van der Waals surface area contributed by atoms with Crippen LogP contribution in [0, 0.1) is 0 Å². The third-order valence-electron chi connectivity index (χ3n) is 3.25. The van der Waals surface area contributed by atoms with Crippen LogP contribution in [0.4, 0.5) is 0 Å². The molecule has 114 valence electrons. The van der Waals surface area contributed by atoms with Crippen molar-refractivity contribution in [3.05, 3.63) is 35.9 Å². The van der Waals surface area contributed by atoms with E-state index in [1.165, 1.54) is 6.92 Å². The summed E-state index contributed by atoms with van der Waals surface area (Å²) in [6.45, 7) is 3.48. The average Bonchev–Trinajstić information content (AvgIpc) is 2.46. The van der Waals surface area contributed by atoms with Crippen LogP contribution >= 0.6 is 0 Å². The molecule has 1 atom stereocenters. The summed E-state index contributed by atoms with van der Waals surface area (Å²) in [5, 5.41) is 8.73. The van der Waals surface area contributed by atoms with Crippen LogP contribution in [0.15, 0.2) is 30.3 Å². The average molecular weight is 291 g/mol. The van der Waals surface area contributed by atoms with Crippen molar-refractivity contribution >= 4 is 11.8 Å². The summed E-state index contributed by atoms with van der Waals surface area (Å²) in [6, 6.07) is 9.67. The van der Waals surface area contributed by atoms with E-state index in [9.17, 15) is 9.59 Å². The van der Waals surface area contributed by atoms with E-state index in [1.807, 2.05) is 30.3 Å². The maximum absolute atomic E-state index is 12.1. The van der Waals surface area contributed by atoms with Crippen molar-refractivity contribution in [2.75, 3.05) is 19.7 Å². The fourth-order valence-electron chi connectivity index (χ4n) is 2.34. The van der Waals surface area contributed by atoms with E-state index in [-0.39, 0.29) is 18.2 Å². The summed E-state index contributed by atoms with van der Waals surface area (Å²) < 4.78 is 5.64. The number of carbonyl (C=O) groups excluding carboxylic acids is 2. The highest BCUT2D eigenvalue weighted by Crippen LogP contribution is 2.15. The van der Waals surface area contributed by atoms with Crippen molar-refractivity contribution in [3.63, 3.8) is 0 Å². The molecular weight excluding hydrogens is 270 g/mol. The third-order valence-corrected chi connectivity index (χ3v) is 3.25. The van der Waals surface area contributed by atoms with Gasteiger partial charge < -0.3 is 20.7 Å². The van der Waals surface area contributed by atoms with Crippen LogP contribution in [0.25, 0.3) is 0 Å². The van der Waals surface area contributed by atoms with Crippen LogP contribution in [0.2, 0.25) is 0 Å². The van der Waals surface area contributed by atoms with E-state index < -0.39 is 5.72 Å². The summed E-state index contributed by atoms with van der Waals surface area (Å²) in [5.41, 5.74) is 0.0762. The molecule has 0 radical (unpaired) electrons. The molecule has 1 heterocycles. The molecule has 1 unspecified atom stereocenters. The number of ether oxygens (including phenoxy) is 1. The first-order valence-corrected chi connectivity index (χ1v) is 7.04. The highest BCUT2D eigenvalue weighted by atomic mass is 16.5. The van der Waals surface area contributed by atoms with Gasteiger partial charge >= 0.3 is 0 Å². The fraction of sp³-hybridized carbons (Fsp3) is 0.467. The predicted molar refractivity (Wildman–Crippen MR) is 78.3 cm³/mol. The Balaban J connectivity index is 1.90. The van der Waals surface area contributed by atoms with E-state index in [2.05, 4.69) is 16.0 Å². The van der Waals surface area contributed by atoms with E-state index in [0.29, 0.717) is 26.2 Å². The van der Waals surface area contributed by atoms with Gasteiger partial charge in [0.05, 0.1) is 13.0 Å². The van der Waals surface area contributed by atoms with Crippen LogP contribution in [0.3, 0.4) is 0 Å². The Kier molecular flexibility index (Phi) is 5.30. The Morgan fingerprint density at radius 1 is 1.33 bits per heavy atom. The maximum Gasteiger partial charge on any atom is 0.225 e. The first kappa shape index (κ1) is 15.5. The Morgan fingerprint density at radius 3 is 2.71 bits per heavy atom. The van der Waals surface area contributed by atoms with Gasteiger partial charge in [-0.15, -0.1) is 0 Å². The lowest BCUT2D eigenvalue weighted by Crippen LogP contribution is -2.61. The summed E-state index contributed by atoms with van der Waals surface area (Å²) >= 11 is 0. The molecule has 3 N–H and O–H groups in total. The molecule has 0 aliphatic carbocycles. The van der Waals surface area contributed by atoms with Crippen LogP contribution in [-0.4, -0.2) is 37.2 Å². The Labute approximate surface area is 124 Å². The van der Waals surface area contributed by atoms with Gasteiger partial charge in [0.25, 0.3) is 0 Å². The number of amides is 2. The number of benzene rings is 1. The van der Waals surface area contributed by atoms with E-state index in [0.717, 1.165) is 5.56 Å². The van der Waals surface area contributed by atoms with Crippen molar-refractivity contribution < 1.29 is 14.3 Å². The molecule has 21 heavy (non-hydrogen) atoms. The molecule has 6 nitrogen and oxygen atoms in total. The lowest BCUT2D eigenvalue weighted by Gasteiger charge is -2.37. The van der Waals surface area contributed by atoms with E-state index >= 15 is 0 Å². The monoisotopic (exact) mass is 291 g/mol. The minimum absolute atomic E-state index is 0.0897. The molecule has 6 heteroatoms. The van der Waals surface area contributed by atoms with Gasteiger partial charge in [0.15, 0.2) is 5.72 Å². The van der Waals surface area contributed by atoms with Crippen LogP contribution in [-0.2, 0) is 20.9 Å². The Bertz CT molecular complexity index is 484. The van der Waals surface area contributed by atoms with Crippen molar-refractivity contribution in [1.29, 1.82) is 0 Å². The third kappa shape index (κ3) is 4.84. The smallest absolute Gasteiger partial charge is 0.225 e. The lowest BCUT2D eigenvalue weighted by atomic mass is 10.1. The molecule has 2 amide bonds. The molecule has 0 saturated carbocycles. The highest BCUT2D eigenvalue weighted by Gasteiger charge is 2.36. The van der Waals surface area contributed by atoms with Gasteiger partial charge in [0.1, 0.15) is 0 Å². The zero-order valence-electron chi connectivity index (χ0n) is 12.1. The number of nitrogens with one attached hydrogen (secondary N) is 3. The molecule has 0 bridgehead atoms. The van der Waals surface area contributed by atoms with Crippen LogP contribution in [0.5, 0.6) is 0 Å². The van der Waals surface area contributed by atoms with Crippen molar-refractivity contribution in [1.82, 2.24) is 16.0 Å². The SMILES string of the molecule is CC(=O)NC1(CC(=O)NCc2ccccc2)CNCCO1. The first-order chi connectivity index (χ1) is 10.1. The van der Waals surface area contributed by atoms with Gasteiger partial charge in [0, 0.05) is 26.6 Å². The number of hydrogen-bond donors (Lipinski definition) is 3. The van der Waals surface area contributed by atoms with Gasteiger partial charge in [-0.2, -0.15) is 0 Å². The van der Waals surface area contributed by atoms with Crippen molar-refractivity contribution in [2.24, 2.45) is 0 Å². The summed E-state index contributed by atoms with van der Waals surface area (Å²) in [5.74, 6) is -0.370. The summed E-state index contributed by atoms with van der Waals surface area (Å²) in [6.07, 6.45) is 0.0897. The maximum atomic E-state index is 12.1. The van der Waals surface area contributed by atoms with Gasteiger partial charge in [0.2, 0.25) is 11.8 Å². The molecule has 1 aromatic carbocycles. The summed E-state index contributed by atoms with van der Waals surface area (Å²) in [4.78, 5) is 23.4. The Hall–Kier alpha value is -1.92. The number of morpholine rings is 1. The second kappa shape index (κ2) is 7.19. The molecule has 0 spiro atoms. The van der Waals surface area contributed by atoms with Gasteiger partial charge in [-0.3, -0.25) is 9.59 Å². The molecular formula is C15H21N3O3. The second-order valence-electron chi connectivity index (χ2n) is 5.14. The molecule has 1 fully saturated rings. The lowest BCUT2D eigenvalue weighted by molar-refractivity contribution is -0.145. The fourth-order valence-corrected chi connectivity index (χ4v) is 2.34. The largest absolute Gasteiger partial charge is 0.353 e. The van der Waals surface area contributed by atoms with E-state index in [4.69, 9.17) is 4.74 Å². The standard InChI is InChI=1S/C15H21N3O3/c1-12(19)18-15(11-16-7-8-21-15)9-14(20)17-10-13-5-3-2-4-6-13/h2-6,16H,7-11H2,1H3,(H,17,20)(H,18,19). The van der Waals surface area contributed by atoms with Gasteiger partial charge in [-0.25, -0.2) is 0 Å². The zero-order chi connectivity index (χ0) is 15.1. The number of hydrogen-bond acceptors (Lipinski definition) is 4. The van der Waals surface area contributed by atoms with Crippen molar-refractivity contribution in [2.45, 2.75) is 25.6 Å². The second-order valence-corrected chi connectivity index (χ2v) is 5.14. The van der Waals surface area contributed by atoms with Crippen LogP contribution < -0.4 is 16.0 Å². The van der Waals surface area contributed by atoms with Gasteiger partial charge in [-0.05, 0) is 5.56 Å². The molecule has 1 aliphatic rings. The molecule has 0 aromatic heterocycles. The van der Waals surface area contributed by atoms with Gasteiger partial charge in [-0.1, -0.05) is 30.3 Å². The van der Waals surface area contributed by atoms with Crippen LogP contribution in [0.1, 0.15) is 18.9 Å². The predicted octanol–water partition coefficient (Wildman–Crippen LogP) is 0.145. The number of rotatable bonds is 5.